The normalized spacial score (nSPS) is 11.0. The van der Waals surface area contributed by atoms with Gasteiger partial charge in [0.1, 0.15) is 0 Å². The van der Waals surface area contributed by atoms with Gasteiger partial charge in [-0.1, -0.05) is 60.7 Å². The zero-order chi connectivity index (χ0) is 12.5. The van der Waals surface area contributed by atoms with E-state index in [0.29, 0.717) is 0 Å². The van der Waals surface area contributed by atoms with Gasteiger partial charge in [0, 0.05) is 6.54 Å². The minimum atomic E-state index is 0. The maximum absolute atomic E-state index is 4.53. The van der Waals surface area contributed by atoms with Crippen LogP contribution in [0.25, 0.3) is 5.32 Å². The fourth-order valence-electron chi connectivity index (χ4n) is 1.38. The summed E-state index contributed by atoms with van der Waals surface area (Å²) in [6, 6.07) is 19.9. The van der Waals surface area contributed by atoms with Crippen molar-refractivity contribution in [2.45, 2.75) is 0 Å². The van der Waals surface area contributed by atoms with Crippen LogP contribution in [0, 0.1) is 0 Å². The monoisotopic (exact) mass is 331 g/mol. The summed E-state index contributed by atoms with van der Waals surface area (Å²) in [4.78, 5) is 3.61. The fraction of sp³-hybridized carbons (Fsp3) is 0.133. The largest absolute Gasteiger partial charge is 2.00 e. The zero-order valence-electron chi connectivity index (χ0n) is 11.0. The van der Waals surface area contributed by atoms with Crippen molar-refractivity contribution in [3.8, 4) is 0 Å². The van der Waals surface area contributed by atoms with Gasteiger partial charge >= 0.3 is 16.8 Å². The van der Waals surface area contributed by atoms with Crippen LogP contribution in [0.15, 0.2) is 65.7 Å². The van der Waals surface area contributed by atoms with Crippen molar-refractivity contribution in [1.29, 1.82) is 0 Å². The van der Waals surface area contributed by atoms with E-state index in [1.165, 1.54) is 0 Å². The van der Waals surface area contributed by atoms with Gasteiger partial charge in [-0.15, -0.1) is 11.4 Å². The van der Waals surface area contributed by atoms with Gasteiger partial charge in [-0.2, -0.15) is 9.90 Å². The minimum absolute atomic E-state index is 0. The van der Waals surface area contributed by atoms with E-state index < -0.39 is 0 Å². The molecule has 2 aromatic carbocycles. The summed E-state index contributed by atoms with van der Waals surface area (Å²) in [5.41, 5.74) is 1.99. The molecular weight excluding hydrogens is 314 g/mol. The second-order valence-electron chi connectivity index (χ2n) is 3.60. The van der Waals surface area contributed by atoms with E-state index in [1.54, 1.807) is 0 Å². The third-order valence-electron chi connectivity index (χ3n) is 2.20. The molecule has 107 valence electrons. The molecule has 0 N–H and O–H groups in total. The molecule has 0 fully saturated rings. The first kappa shape index (κ1) is 18.6. The molecule has 0 saturated carbocycles. The molecule has 1 heterocycles. The molecule has 3 rings (SSSR count). The average Bonchev–Trinajstić information content (AvgIpc) is 3.00. The second kappa shape index (κ2) is 11.5. The van der Waals surface area contributed by atoms with Crippen molar-refractivity contribution in [2.24, 2.45) is 4.99 Å². The van der Waals surface area contributed by atoms with E-state index in [9.17, 15) is 0 Å². The van der Waals surface area contributed by atoms with Gasteiger partial charge < -0.3 is 15.0 Å². The molecule has 0 amide bonds. The SMILES string of the molecule is P.[C-]1=NCCO1.[Co+2].c1ccc([N-]c2ccccc2)cc1. The summed E-state index contributed by atoms with van der Waals surface area (Å²) < 4.78 is 4.53. The zero-order valence-corrected chi connectivity index (χ0v) is 13.5. The Morgan fingerprint density at radius 2 is 1.40 bits per heavy atom. The Kier molecular flexibility index (Phi) is 10.7. The van der Waals surface area contributed by atoms with Crippen molar-refractivity contribution in [3.05, 3.63) is 66.0 Å². The molecule has 1 radical (unpaired) electrons. The van der Waals surface area contributed by atoms with Crippen LogP contribution in [0.1, 0.15) is 0 Å². The topological polar surface area (TPSA) is 35.7 Å². The van der Waals surface area contributed by atoms with Crippen LogP contribution in [0.4, 0.5) is 11.4 Å². The van der Waals surface area contributed by atoms with E-state index in [2.05, 4.69) is 21.4 Å². The van der Waals surface area contributed by atoms with Gasteiger partial charge in [-0.25, -0.2) is 6.40 Å². The number of hydrogen-bond acceptors (Lipinski definition) is 2. The summed E-state index contributed by atoms with van der Waals surface area (Å²) in [6.45, 7) is 1.51. The van der Waals surface area contributed by atoms with Crippen molar-refractivity contribution in [3.63, 3.8) is 0 Å². The molecule has 20 heavy (non-hydrogen) atoms. The van der Waals surface area contributed by atoms with Gasteiger partial charge in [-0.3, -0.25) is 0 Å². The molecule has 0 spiro atoms. The van der Waals surface area contributed by atoms with Gasteiger partial charge in [0.05, 0.1) is 6.61 Å². The first-order valence-corrected chi connectivity index (χ1v) is 5.80. The first-order valence-electron chi connectivity index (χ1n) is 5.80. The number of nitrogens with zero attached hydrogens (tertiary/aromatic N) is 2. The summed E-state index contributed by atoms with van der Waals surface area (Å²) >= 11 is 0. The fourth-order valence-corrected chi connectivity index (χ4v) is 1.38. The van der Waals surface area contributed by atoms with Gasteiger partial charge in [0.25, 0.3) is 0 Å². The van der Waals surface area contributed by atoms with E-state index >= 15 is 0 Å². The summed E-state index contributed by atoms with van der Waals surface area (Å²) in [5.74, 6) is 0. The molecule has 1 aliphatic rings. The van der Waals surface area contributed by atoms with Crippen molar-refractivity contribution >= 4 is 27.7 Å². The Labute approximate surface area is 133 Å². The van der Waals surface area contributed by atoms with E-state index in [0.717, 1.165) is 24.5 Å². The third-order valence-corrected chi connectivity index (χ3v) is 2.20. The molecule has 0 aliphatic carbocycles. The predicted octanol–water partition coefficient (Wildman–Crippen LogP) is 4.00. The first-order chi connectivity index (χ1) is 8.95. The Balaban J connectivity index is 0.000000443. The maximum atomic E-state index is 4.53. The van der Waals surface area contributed by atoms with Gasteiger partial charge in [0.15, 0.2) is 0 Å². The molecule has 1 aliphatic heterocycles. The standard InChI is InChI=1S/C12H10N.C3H4NO.Co.H3P/c1-3-7-11(8-4-1)13-12-9-5-2-6-10-12;1-2-5-3-4-1;;/h1-10H;1-2H2;;1H3/q2*-1;+2;. The Morgan fingerprint density at radius 3 is 1.70 bits per heavy atom. The van der Waals surface area contributed by atoms with Crippen molar-refractivity contribution < 1.29 is 21.5 Å². The molecular formula is C15H17CoN2OP. The van der Waals surface area contributed by atoms with E-state index in [-0.39, 0.29) is 26.7 Å². The van der Waals surface area contributed by atoms with Crippen LogP contribution in [0.5, 0.6) is 0 Å². The van der Waals surface area contributed by atoms with E-state index in [4.69, 9.17) is 0 Å². The van der Waals surface area contributed by atoms with Crippen LogP contribution >= 0.6 is 9.90 Å². The molecule has 3 nitrogen and oxygen atoms in total. The van der Waals surface area contributed by atoms with Crippen molar-refractivity contribution in [1.82, 2.24) is 0 Å². The summed E-state index contributed by atoms with van der Waals surface area (Å²) in [7, 11) is 0. The average molecular weight is 331 g/mol. The summed E-state index contributed by atoms with van der Waals surface area (Å²) in [5, 5.41) is 4.44. The Hall–Kier alpha value is -1.35. The third kappa shape index (κ3) is 7.29. The quantitative estimate of drug-likeness (QED) is 0.605. The number of ether oxygens (including phenoxy) is 1. The molecule has 2 aromatic rings. The molecule has 1 unspecified atom stereocenters. The van der Waals surface area contributed by atoms with Crippen molar-refractivity contribution in [2.75, 3.05) is 13.2 Å². The number of hydrogen-bond donors (Lipinski definition) is 0. The number of rotatable bonds is 2. The van der Waals surface area contributed by atoms with Gasteiger partial charge in [-0.05, 0) is 0 Å². The number of aliphatic imine (C=N–C) groups is 1. The van der Waals surface area contributed by atoms with Crippen LogP contribution < -0.4 is 0 Å². The number of benzene rings is 2. The van der Waals surface area contributed by atoms with Crippen LogP contribution in [0.2, 0.25) is 0 Å². The second-order valence-corrected chi connectivity index (χ2v) is 3.60. The Bertz CT molecular complexity index is 436. The minimum Gasteiger partial charge on any atom is -0.674 e. The van der Waals surface area contributed by atoms with E-state index in [1.807, 2.05) is 60.7 Å². The van der Waals surface area contributed by atoms with Gasteiger partial charge in [0.2, 0.25) is 0 Å². The summed E-state index contributed by atoms with van der Waals surface area (Å²) in [6.07, 6.45) is 2.35. The van der Waals surface area contributed by atoms with Crippen LogP contribution in [0.3, 0.4) is 0 Å². The molecule has 5 heteroatoms. The molecule has 1 atom stereocenters. The van der Waals surface area contributed by atoms with Crippen LogP contribution in [-0.4, -0.2) is 19.6 Å². The Morgan fingerprint density at radius 1 is 0.900 bits per heavy atom. The smallest absolute Gasteiger partial charge is 0.674 e. The maximum Gasteiger partial charge on any atom is 2.00 e. The number of para-hydroxylation sites is 2. The predicted molar refractivity (Wildman–Crippen MR) is 84.9 cm³/mol. The molecule has 0 aromatic heterocycles. The van der Waals surface area contributed by atoms with Crippen LogP contribution in [-0.2, 0) is 21.5 Å². The molecule has 0 bridgehead atoms. The molecule has 0 saturated heterocycles.